The summed E-state index contributed by atoms with van der Waals surface area (Å²) in [6.07, 6.45) is 0.598. The Morgan fingerprint density at radius 1 is 1.31 bits per heavy atom. The zero-order valence-electron chi connectivity index (χ0n) is 10.4. The fraction of sp³-hybridized carbons (Fsp3) is 0.500. The van der Waals surface area contributed by atoms with Gasteiger partial charge in [-0.25, -0.2) is 0 Å². The summed E-state index contributed by atoms with van der Waals surface area (Å²) < 4.78 is 0. The molecule has 1 aliphatic rings. The lowest BCUT2D eigenvalue weighted by atomic mass is 9.82. The molecule has 0 aromatic heterocycles. The van der Waals surface area contributed by atoms with Gasteiger partial charge in [0.15, 0.2) is 0 Å². The third kappa shape index (κ3) is 1.97. The molecule has 0 saturated carbocycles. The molecule has 16 heavy (non-hydrogen) atoms. The first-order valence-corrected chi connectivity index (χ1v) is 5.82. The fourth-order valence-electron chi connectivity index (χ4n) is 2.14. The highest BCUT2D eigenvalue weighted by Gasteiger charge is 2.23. The molecule has 1 aliphatic heterocycles. The summed E-state index contributed by atoms with van der Waals surface area (Å²) in [5.74, 6) is 0.453. The first-order chi connectivity index (χ1) is 7.38. The van der Waals surface area contributed by atoms with Gasteiger partial charge in [-0.3, -0.25) is 4.79 Å². The van der Waals surface area contributed by atoms with E-state index in [0.29, 0.717) is 12.3 Å². The average molecular weight is 217 g/mol. The van der Waals surface area contributed by atoms with Gasteiger partial charge in [-0.1, -0.05) is 39.8 Å². The maximum Gasteiger partial charge on any atom is 0.224 e. The number of benzene rings is 1. The highest BCUT2D eigenvalue weighted by Crippen LogP contribution is 2.35. The summed E-state index contributed by atoms with van der Waals surface area (Å²) in [5.41, 5.74) is 3.74. The van der Waals surface area contributed by atoms with Crippen LogP contribution in [0.1, 0.15) is 51.2 Å². The van der Waals surface area contributed by atoms with Crippen LogP contribution in [0, 0.1) is 0 Å². The normalized spacial score (nSPS) is 20.2. The molecule has 1 unspecified atom stereocenters. The van der Waals surface area contributed by atoms with E-state index in [2.05, 4.69) is 45.1 Å². The first-order valence-electron chi connectivity index (χ1n) is 5.82. The molecular formula is C14H19NO. The summed E-state index contributed by atoms with van der Waals surface area (Å²) >= 11 is 0. The Kier molecular flexibility index (Phi) is 2.53. The topological polar surface area (TPSA) is 29.1 Å². The first kappa shape index (κ1) is 11.2. The number of nitrogens with one attached hydrogen (secondary N) is 1. The van der Waals surface area contributed by atoms with Crippen molar-refractivity contribution >= 4 is 11.6 Å². The van der Waals surface area contributed by atoms with Crippen LogP contribution in [0.15, 0.2) is 18.2 Å². The van der Waals surface area contributed by atoms with E-state index in [9.17, 15) is 4.79 Å². The van der Waals surface area contributed by atoms with Gasteiger partial charge < -0.3 is 5.32 Å². The van der Waals surface area contributed by atoms with Crippen LogP contribution >= 0.6 is 0 Å². The Morgan fingerprint density at radius 3 is 2.62 bits per heavy atom. The van der Waals surface area contributed by atoms with Gasteiger partial charge in [0.25, 0.3) is 0 Å². The summed E-state index contributed by atoms with van der Waals surface area (Å²) in [6, 6.07) is 6.38. The maximum atomic E-state index is 11.4. The molecule has 1 amide bonds. The van der Waals surface area contributed by atoms with Gasteiger partial charge in [-0.2, -0.15) is 0 Å². The number of hydrogen-bond acceptors (Lipinski definition) is 1. The van der Waals surface area contributed by atoms with Gasteiger partial charge in [0.1, 0.15) is 0 Å². The average Bonchev–Trinajstić information content (AvgIpc) is 2.15. The summed E-state index contributed by atoms with van der Waals surface area (Å²) in [6.45, 7) is 8.74. The molecule has 2 heteroatoms. The SMILES string of the molecule is CC1CC(=O)Nc2ccc(C(C)(C)C)cc21. The second kappa shape index (κ2) is 3.62. The number of carbonyl (C=O) groups excluding carboxylic acids is 1. The zero-order chi connectivity index (χ0) is 11.9. The maximum absolute atomic E-state index is 11.4. The lowest BCUT2D eigenvalue weighted by Gasteiger charge is -2.26. The predicted molar refractivity (Wildman–Crippen MR) is 66.8 cm³/mol. The van der Waals surface area contributed by atoms with Crippen LogP contribution < -0.4 is 5.32 Å². The molecule has 86 valence electrons. The number of hydrogen-bond donors (Lipinski definition) is 1. The molecule has 2 rings (SSSR count). The molecule has 0 spiro atoms. The number of amides is 1. The van der Waals surface area contributed by atoms with Crippen molar-refractivity contribution in [2.24, 2.45) is 0 Å². The molecule has 2 nitrogen and oxygen atoms in total. The van der Waals surface area contributed by atoms with Crippen molar-refractivity contribution in [1.82, 2.24) is 0 Å². The van der Waals surface area contributed by atoms with Crippen LogP contribution in [0.25, 0.3) is 0 Å². The van der Waals surface area contributed by atoms with Gasteiger partial charge in [-0.15, -0.1) is 0 Å². The minimum atomic E-state index is 0.128. The molecule has 0 aliphatic carbocycles. The predicted octanol–water partition coefficient (Wildman–Crippen LogP) is 3.43. The lowest BCUT2D eigenvalue weighted by Crippen LogP contribution is -2.22. The van der Waals surface area contributed by atoms with Crippen molar-refractivity contribution in [3.63, 3.8) is 0 Å². The Balaban J connectivity index is 2.46. The van der Waals surface area contributed by atoms with Crippen LogP contribution in [0.2, 0.25) is 0 Å². The molecule has 1 atom stereocenters. The van der Waals surface area contributed by atoms with E-state index in [1.807, 2.05) is 6.07 Å². The molecular weight excluding hydrogens is 198 g/mol. The van der Waals surface area contributed by atoms with E-state index in [1.54, 1.807) is 0 Å². The lowest BCUT2D eigenvalue weighted by molar-refractivity contribution is -0.116. The van der Waals surface area contributed by atoms with Gasteiger partial charge in [0.05, 0.1) is 0 Å². The third-order valence-corrected chi connectivity index (χ3v) is 3.21. The van der Waals surface area contributed by atoms with E-state index in [0.717, 1.165) is 5.69 Å². The van der Waals surface area contributed by atoms with E-state index in [-0.39, 0.29) is 11.3 Å². The molecule has 1 heterocycles. The number of carbonyl (C=O) groups is 1. The van der Waals surface area contributed by atoms with Crippen LogP contribution in [0.3, 0.4) is 0 Å². The van der Waals surface area contributed by atoms with Crippen LogP contribution in [-0.2, 0) is 10.2 Å². The second-order valence-corrected chi connectivity index (χ2v) is 5.71. The fourth-order valence-corrected chi connectivity index (χ4v) is 2.14. The summed E-state index contributed by atoms with van der Waals surface area (Å²) in [5, 5.41) is 2.93. The highest BCUT2D eigenvalue weighted by atomic mass is 16.1. The number of rotatable bonds is 0. The minimum absolute atomic E-state index is 0.128. The van der Waals surface area contributed by atoms with Crippen molar-refractivity contribution in [3.8, 4) is 0 Å². The van der Waals surface area contributed by atoms with E-state index in [4.69, 9.17) is 0 Å². The number of anilines is 1. The quantitative estimate of drug-likeness (QED) is 0.708. The van der Waals surface area contributed by atoms with Crippen LogP contribution in [-0.4, -0.2) is 5.91 Å². The van der Waals surface area contributed by atoms with Crippen molar-refractivity contribution in [3.05, 3.63) is 29.3 Å². The molecule has 1 aromatic carbocycles. The Bertz CT molecular complexity index is 429. The second-order valence-electron chi connectivity index (χ2n) is 5.71. The largest absolute Gasteiger partial charge is 0.326 e. The monoisotopic (exact) mass is 217 g/mol. The summed E-state index contributed by atoms with van der Waals surface area (Å²) in [4.78, 5) is 11.4. The molecule has 1 aromatic rings. The van der Waals surface area contributed by atoms with E-state index < -0.39 is 0 Å². The van der Waals surface area contributed by atoms with Gasteiger partial charge in [0, 0.05) is 12.1 Å². The number of fused-ring (bicyclic) bond motifs is 1. The molecule has 1 N–H and O–H groups in total. The minimum Gasteiger partial charge on any atom is -0.326 e. The van der Waals surface area contributed by atoms with Gasteiger partial charge >= 0.3 is 0 Å². The molecule has 0 saturated heterocycles. The van der Waals surface area contributed by atoms with Crippen LogP contribution in [0.5, 0.6) is 0 Å². The van der Waals surface area contributed by atoms with Crippen molar-refractivity contribution in [1.29, 1.82) is 0 Å². The third-order valence-electron chi connectivity index (χ3n) is 3.21. The van der Waals surface area contributed by atoms with E-state index >= 15 is 0 Å². The van der Waals surface area contributed by atoms with Crippen LogP contribution in [0.4, 0.5) is 5.69 Å². The standard InChI is InChI=1S/C14H19NO/c1-9-7-13(16)15-12-6-5-10(8-11(9)12)14(2,3)4/h5-6,8-9H,7H2,1-4H3,(H,15,16). The van der Waals surface area contributed by atoms with Gasteiger partial charge in [0.2, 0.25) is 5.91 Å². The Hall–Kier alpha value is -1.31. The van der Waals surface area contributed by atoms with Crippen molar-refractivity contribution < 1.29 is 4.79 Å². The van der Waals surface area contributed by atoms with Gasteiger partial charge in [-0.05, 0) is 28.5 Å². The molecule has 0 bridgehead atoms. The van der Waals surface area contributed by atoms with Crippen molar-refractivity contribution in [2.45, 2.75) is 45.4 Å². The molecule has 0 fully saturated rings. The zero-order valence-corrected chi connectivity index (χ0v) is 10.4. The van der Waals surface area contributed by atoms with E-state index in [1.165, 1.54) is 11.1 Å². The smallest absolute Gasteiger partial charge is 0.224 e. The highest BCUT2D eigenvalue weighted by molar-refractivity contribution is 5.94. The van der Waals surface area contributed by atoms with Crippen molar-refractivity contribution in [2.75, 3.05) is 5.32 Å². The Morgan fingerprint density at radius 2 is 2.00 bits per heavy atom. The molecule has 0 radical (unpaired) electrons. The summed E-state index contributed by atoms with van der Waals surface area (Å²) in [7, 11) is 0. The Labute approximate surface area is 97.1 Å².